The maximum absolute atomic E-state index is 13.5. The number of benzene rings is 1. The van der Waals surface area contributed by atoms with Crippen molar-refractivity contribution >= 4 is 11.6 Å². The summed E-state index contributed by atoms with van der Waals surface area (Å²) in [5.41, 5.74) is 0.485. The molecule has 0 spiro atoms. The molecule has 17 heavy (non-hydrogen) atoms. The maximum Gasteiger partial charge on any atom is 0.219 e. The van der Waals surface area contributed by atoms with E-state index in [0.29, 0.717) is 10.6 Å². The zero-order chi connectivity index (χ0) is 12.3. The van der Waals surface area contributed by atoms with E-state index in [2.05, 4.69) is 4.98 Å². The molecule has 5 heteroatoms. The number of aromatic nitrogens is 1. The fraction of sp³-hybridized carbons (Fsp3) is 0.0833. The second-order valence-corrected chi connectivity index (χ2v) is 3.78. The van der Waals surface area contributed by atoms with E-state index in [-0.39, 0.29) is 18.2 Å². The van der Waals surface area contributed by atoms with Gasteiger partial charge in [0.2, 0.25) is 5.88 Å². The van der Waals surface area contributed by atoms with Gasteiger partial charge in [-0.3, -0.25) is 0 Å². The lowest BCUT2D eigenvalue weighted by Gasteiger charge is -2.06. The molecule has 88 valence electrons. The van der Waals surface area contributed by atoms with Crippen molar-refractivity contribution in [2.24, 2.45) is 0 Å². The molecule has 0 aliphatic rings. The van der Waals surface area contributed by atoms with Crippen molar-refractivity contribution in [2.75, 3.05) is 0 Å². The Morgan fingerprint density at radius 3 is 2.71 bits per heavy atom. The Kier molecular flexibility index (Phi) is 3.56. The molecule has 0 radical (unpaired) electrons. The highest BCUT2D eigenvalue weighted by molar-refractivity contribution is 6.30. The molecule has 0 unspecified atom stereocenters. The quantitative estimate of drug-likeness (QED) is 0.914. The Balaban J connectivity index is 2.21. The summed E-state index contributed by atoms with van der Waals surface area (Å²) in [6.07, 6.45) is 1.41. The molecule has 0 atom stereocenters. The Morgan fingerprint density at radius 2 is 2.12 bits per heavy atom. The maximum atomic E-state index is 13.5. The molecule has 0 bridgehead atoms. The van der Waals surface area contributed by atoms with Crippen molar-refractivity contribution in [3.8, 4) is 11.6 Å². The van der Waals surface area contributed by atoms with Gasteiger partial charge in [-0.2, -0.15) is 0 Å². The number of aliphatic hydroxyl groups excluding tert-OH is 1. The van der Waals surface area contributed by atoms with Crippen LogP contribution in [0.2, 0.25) is 5.02 Å². The van der Waals surface area contributed by atoms with Gasteiger partial charge in [-0.1, -0.05) is 17.7 Å². The van der Waals surface area contributed by atoms with Crippen LogP contribution in [-0.2, 0) is 6.61 Å². The van der Waals surface area contributed by atoms with Crippen molar-refractivity contribution in [1.29, 1.82) is 0 Å². The summed E-state index contributed by atoms with van der Waals surface area (Å²) in [5.74, 6) is -0.240. The smallest absolute Gasteiger partial charge is 0.219 e. The molecule has 0 fully saturated rings. The van der Waals surface area contributed by atoms with Crippen LogP contribution in [0.3, 0.4) is 0 Å². The van der Waals surface area contributed by atoms with Crippen LogP contribution in [0.5, 0.6) is 11.6 Å². The molecule has 0 amide bonds. The van der Waals surface area contributed by atoms with E-state index in [1.54, 1.807) is 18.2 Å². The lowest BCUT2D eigenvalue weighted by Crippen LogP contribution is -1.92. The summed E-state index contributed by atoms with van der Waals surface area (Å²) in [5, 5.41) is 9.32. The van der Waals surface area contributed by atoms with E-state index >= 15 is 0 Å². The first-order valence-electron chi connectivity index (χ1n) is 4.88. The molecule has 2 aromatic rings. The summed E-state index contributed by atoms with van der Waals surface area (Å²) in [6.45, 7) is -0.212. The predicted molar refractivity (Wildman–Crippen MR) is 61.6 cm³/mol. The zero-order valence-corrected chi connectivity index (χ0v) is 9.49. The van der Waals surface area contributed by atoms with Crippen LogP contribution in [0.4, 0.5) is 4.39 Å². The van der Waals surface area contributed by atoms with E-state index in [0.717, 1.165) is 0 Å². The molecular formula is C12H9ClFNO2. The predicted octanol–water partition coefficient (Wildman–Crippen LogP) is 3.16. The van der Waals surface area contributed by atoms with Gasteiger partial charge >= 0.3 is 0 Å². The molecule has 1 heterocycles. The first-order chi connectivity index (χ1) is 8.19. The van der Waals surface area contributed by atoms with Gasteiger partial charge in [0.05, 0.1) is 11.6 Å². The van der Waals surface area contributed by atoms with Crippen LogP contribution in [0.1, 0.15) is 5.56 Å². The number of halogens is 2. The van der Waals surface area contributed by atoms with Crippen LogP contribution >= 0.6 is 11.6 Å². The highest BCUT2D eigenvalue weighted by atomic mass is 35.5. The Bertz CT molecular complexity index is 516. The first kappa shape index (κ1) is 11.8. The van der Waals surface area contributed by atoms with E-state index in [4.69, 9.17) is 21.4 Å². The van der Waals surface area contributed by atoms with Gasteiger partial charge in [-0.05, 0) is 23.8 Å². The molecule has 0 aliphatic carbocycles. The average Bonchev–Trinajstić information content (AvgIpc) is 2.34. The highest BCUT2D eigenvalue weighted by Crippen LogP contribution is 2.24. The van der Waals surface area contributed by atoms with E-state index in [1.807, 2.05) is 0 Å². The third-order valence-corrected chi connectivity index (χ3v) is 2.32. The van der Waals surface area contributed by atoms with Gasteiger partial charge in [0.25, 0.3) is 0 Å². The summed E-state index contributed by atoms with van der Waals surface area (Å²) in [4.78, 5) is 3.89. The fourth-order valence-corrected chi connectivity index (χ4v) is 1.37. The number of hydrogen-bond acceptors (Lipinski definition) is 3. The van der Waals surface area contributed by atoms with Gasteiger partial charge in [0.15, 0.2) is 11.6 Å². The van der Waals surface area contributed by atoms with Crippen molar-refractivity contribution in [3.63, 3.8) is 0 Å². The van der Waals surface area contributed by atoms with Crippen LogP contribution in [0.25, 0.3) is 0 Å². The number of aliphatic hydroxyl groups is 1. The highest BCUT2D eigenvalue weighted by Gasteiger charge is 2.06. The van der Waals surface area contributed by atoms with Crippen LogP contribution in [0, 0.1) is 5.82 Å². The topological polar surface area (TPSA) is 42.4 Å². The van der Waals surface area contributed by atoms with Crippen LogP contribution in [0.15, 0.2) is 36.5 Å². The molecule has 0 aliphatic heterocycles. The van der Waals surface area contributed by atoms with E-state index < -0.39 is 5.82 Å². The SMILES string of the molecule is OCc1ccc(Oc2ccc(Cl)cn2)c(F)c1. The van der Waals surface area contributed by atoms with Crippen molar-refractivity contribution in [1.82, 2.24) is 4.98 Å². The molecular weight excluding hydrogens is 245 g/mol. The number of hydrogen-bond donors (Lipinski definition) is 1. The number of rotatable bonds is 3. The van der Waals surface area contributed by atoms with Crippen molar-refractivity contribution in [3.05, 3.63) is 52.9 Å². The molecule has 2 rings (SSSR count). The van der Waals surface area contributed by atoms with Gasteiger partial charge in [-0.15, -0.1) is 0 Å². The minimum atomic E-state index is -0.548. The largest absolute Gasteiger partial charge is 0.436 e. The summed E-state index contributed by atoms with van der Waals surface area (Å²) in [6, 6.07) is 7.38. The van der Waals surface area contributed by atoms with Gasteiger partial charge in [0.1, 0.15) is 0 Å². The molecule has 3 nitrogen and oxygen atoms in total. The average molecular weight is 254 g/mol. The standard InChI is InChI=1S/C12H9ClFNO2/c13-9-2-4-12(15-6-9)17-11-3-1-8(7-16)5-10(11)14/h1-6,16H,7H2. The lowest BCUT2D eigenvalue weighted by molar-refractivity contribution is 0.281. The van der Waals surface area contributed by atoms with Crippen molar-refractivity contribution in [2.45, 2.75) is 6.61 Å². The van der Waals surface area contributed by atoms with E-state index in [1.165, 1.54) is 18.3 Å². The molecule has 1 aromatic heterocycles. The summed E-state index contributed by atoms with van der Waals surface area (Å²) < 4.78 is 18.7. The Labute approximate surface area is 102 Å². The molecule has 0 saturated heterocycles. The van der Waals surface area contributed by atoms with Gasteiger partial charge < -0.3 is 9.84 Å². The third kappa shape index (κ3) is 2.93. The minimum absolute atomic E-state index is 0.0528. The number of ether oxygens (including phenoxy) is 1. The number of nitrogens with zero attached hydrogens (tertiary/aromatic N) is 1. The van der Waals surface area contributed by atoms with Gasteiger partial charge in [-0.25, -0.2) is 9.37 Å². The van der Waals surface area contributed by atoms with Gasteiger partial charge in [0, 0.05) is 12.3 Å². The second kappa shape index (κ2) is 5.12. The zero-order valence-electron chi connectivity index (χ0n) is 8.73. The van der Waals surface area contributed by atoms with Crippen molar-refractivity contribution < 1.29 is 14.2 Å². The normalized spacial score (nSPS) is 10.3. The van der Waals surface area contributed by atoms with Crippen LogP contribution < -0.4 is 4.74 Å². The minimum Gasteiger partial charge on any atom is -0.436 e. The number of pyridine rings is 1. The molecule has 1 N–H and O–H groups in total. The monoisotopic (exact) mass is 253 g/mol. The fourth-order valence-electron chi connectivity index (χ4n) is 1.26. The summed E-state index contributed by atoms with van der Waals surface area (Å²) in [7, 11) is 0. The molecule has 0 saturated carbocycles. The Hall–Kier alpha value is -1.65. The van der Waals surface area contributed by atoms with E-state index in [9.17, 15) is 4.39 Å². The lowest BCUT2D eigenvalue weighted by atomic mass is 10.2. The molecule has 1 aromatic carbocycles. The Morgan fingerprint density at radius 1 is 1.29 bits per heavy atom. The van der Waals surface area contributed by atoms with Crippen LogP contribution in [-0.4, -0.2) is 10.1 Å². The first-order valence-corrected chi connectivity index (χ1v) is 5.25. The second-order valence-electron chi connectivity index (χ2n) is 3.34. The third-order valence-electron chi connectivity index (χ3n) is 2.09. The summed E-state index contributed by atoms with van der Waals surface area (Å²) >= 11 is 5.67.